The van der Waals surface area contributed by atoms with Gasteiger partial charge >= 0.3 is 0 Å². The highest BCUT2D eigenvalue weighted by Gasteiger charge is 2.11. The molecule has 0 amide bonds. The van der Waals surface area contributed by atoms with E-state index in [1.807, 2.05) is 0 Å². The summed E-state index contributed by atoms with van der Waals surface area (Å²) in [5.41, 5.74) is 0.883. The molecular formula is C15H24FNO. The lowest BCUT2D eigenvalue weighted by Crippen LogP contribution is -2.35. The first kappa shape index (κ1) is 15.0. The molecule has 2 nitrogen and oxygen atoms in total. The standard InChI is InChI=1S/C15H24FNO/c1-5-6-9-18-14-8-7-13(16)10-12(14)11-17-15(2,3)4/h7-8,10,17H,5-6,9,11H2,1-4H3. The van der Waals surface area contributed by atoms with E-state index >= 15 is 0 Å². The monoisotopic (exact) mass is 253 g/mol. The molecule has 0 bridgehead atoms. The van der Waals surface area contributed by atoms with Gasteiger partial charge in [0.15, 0.2) is 0 Å². The van der Waals surface area contributed by atoms with E-state index in [2.05, 4.69) is 33.0 Å². The van der Waals surface area contributed by atoms with Crippen LogP contribution in [0.5, 0.6) is 5.75 Å². The van der Waals surface area contributed by atoms with Gasteiger partial charge in [-0.1, -0.05) is 13.3 Å². The van der Waals surface area contributed by atoms with E-state index < -0.39 is 0 Å². The minimum absolute atomic E-state index is 0.00695. The van der Waals surface area contributed by atoms with Gasteiger partial charge in [-0.2, -0.15) is 0 Å². The summed E-state index contributed by atoms with van der Waals surface area (Å²) in [5.74, 6) is 0.560. The molecule has 0 atom stereocenters. The second-order valence-corrected chi connectivity index (χ2v) is 5.56. The predicted octanol–water partition coefficient (Wildman–Crippen LogP) is 3.89. The third-order valence-corrected chi connectivity index (χ3v) is 2.59. The van der Waals surface area contributed by atoms with Crippen molar-refractivity contribution in [2.45, 2.75) is 52.6 Å². The molecule has 1 rings (SSSR count). The summed E-state index contributed by atoms with van der Waals surface area (Å²) in [7, 11) is 0. The van der Waals surface area contributed by atoms with Gasteiger partial charge in [-0.3, -0.25) is 0 Å². The molecule has 0 saturated carbocycles. The van der Waals surface area contributed by atoms with Crippen molar-refractivity contribution < 1.29 is 9.13 Å². The Morgan fingerprint density at radius 1 is 1.28 bits per heavy atom. The third kappa shape index (κ3) is 5.50. The average Bonchev–Trinajstić information content (AvgIpc) is 2.28. The maximum Gasteiger partial charge on any atom is 0.123 e. The Hall–Kier alpha value is -1.09. The normalized spacial score (nSPS) is 11.6. The molecule has 0 aliphatic heterocycles. The summed E-state index contributed by atoms with van der Waals surface area (Å²) in [4.78, 5) is 0. The van der Waals surface area contributed by atoms with E-state index in [-0.39, 0.29) is 11.4 Å². The summed E-state index contributed by atoms with van der Waals surface area (Å²) in [6.45, 7) is 9.68. The number of nitrogens with one attached hydrogen (secondary N) is 1. The van der Waals surface area contributed by atoms with Crippen LogP contribution in [0.1, 0.15) is 46.1 Å². The van der Waals surface area contributed by atoms with Crippen molar-refractivity contribution in [3.63, 3.8) is 0 Å². The van der Waals surface area contributed by atoms with Crippen LogP contribution in [-0.4, -0.2) is 12.1 Å². The highest BCUT2D eigenvalue weighted by molar-refractivity contribution is 5.34. The summed E-state index contributed by atoms with van der Waals surface area (Å²) in [6, 6.07) is 4.70. The van der Waals surface area contributed by atoms with Crippen molar-refractivity contribution in [2.75, 3.05) is 6.61 Å². The van der Waals surface area contributed by atoms with Crippen molar-refractivity contribution in [1.29, 1.82) is 0 Å². The van der Waals surface area contributed by atoms with Gasteiger partial charge in [-0.15, -0.1) is 0 Å². The number of hydrogen-bond donors (Lipinski definition) is 1. The first-order valence-electron chi connectivity index (χ1n) is 6.58. The number of ether oxygens (including phenoxy) is 1. The number of halogens is 1. The molecule has 0 radical (unpaired) electrons. The van der Waals surface area contributed by atoms with Crippen LogP contribution in [0.25, 0.3) is 0 Å². The third-order valence-electron chi connectivity index (χ3n) is 2.59. The van der Waals surface area contributed by atoms with Crippen molar-refractivity contribution in [3.8, 4) is 5.75 Å². The lowest BCUT2D eigenvalue weighted by atomic mass is 10.1. The van der Waals surface area contributed by atoms with E-state index in [1.165, 1.54) is 6.07 Å². The van der Waals surface area contributed by atoms with Gasteiger partial charge in [-0.05, 0) is 45.4 Å². The molecular weight excluding hydrogens is 229 g/mol. The SMILES string of the molecule is CCCCOc1ccc(F)cc1CNC(C)(C)C. The Balaban J connectivity index is 2.70. The first-order valence-corrected chi connectivity index (χ1v) is 6.58. The van der Waals surface area contributed by atoms with Gasteiger partial charge < -0.3 is 10.1 Å². The molecule has 3 heteroatoms. The molecule has 0 aliphatic carbocycles. The molecule has 1 aromatic rings. The number of rotatable bonds is 6. The summed E-state index contributed by atoms with van der Waals surface area (Å²) in [6.07, 6.45) is 2.11. The minimum Gasteiger partial charge on any atom is -0.493 e. The van der Waals surface area contributed by atoms with Crippen molar-refractivity contribution in [2.24, 2.45) is 0 Å². The number of benzene rings is 1. The summed E-state index contributed by atoms with van der Waals surface area (Å²) in [5, 5.41) is 3.35. The molecule has 102 valence electrons. The van der Waals surface area contributed by atoms with Crippen LogP contribution in [0.4, 0.5) is 4.39 Å². The highest BCUT2D eigenvalue weighted by Crippen LogP contribution is 2.20. The Morgan fingerprint density at radius 2 is 2.00 bits per heavy atom. The van der Waals surface area contributed by atoms with E-state index in [1.54, 1.807) is 12.1 Å². The molecule has 0 fully saturated rings. The van der Waals surface area contributed by atoms with Crippen LogP contribution < -0.4 is 10.1 Å². The van der Waals surface area contributed by atoms with Crippen molar-refractivity contribution in [3.05, 3.63) is 29.6 Å². The van der Waals surface area contributed by atoms with E-state index in [4.69, 9.17) is 4.74 Å². The fraction of sp³-hybridized carbons (Fsp3) is 0.600. The lowest BCUT2D eigenvalue weighted by Gasteiger charge is -2.21. The molecule has 18 heavy (non-hydrogen) atoms. The molecule has 0 unspecified atom stereocenters. The smallest absolute Gasteiger partial charge is 0.123 e. The minimum atomic E-state index is -0.219. The maximum atomic E-state index is 13.3. The Kier molecular flexibility index (Phi) is 5.60. The topological polar surface area (TPSA) is 21.3 Å². The van der Waals surface area contributed by atoms with Gasteiger partial charge in [0.05, 0.1) is 6.61 Å². The molecule has 0 saturated heterocycles. The van der Waals surface area contributed by atoms with Crippen molar-refractivity contribution >= 4 is 0 Å². The molecule has 1 aromatic carbocycles. The van der Waals surface area contributed by atoms with E-state index in [0.717, 1.165) is 24.2 Å². The molecule has 0 aliphatic rings. The summed E-state index contributed by atoms with van der Waals surface area (Å²) >= 11 is 0. The second kappa shape index (κ2) is 6.74. The van der Waals surface area contributed by atoms with Crippen LogP contribution in [0.15, 0.2) is 18.2 Å². The van der Waals surface area contributed by atoms with Gasteiger partial charge in [0.25, 0.3) is 0 Å². The fourth-order valence-electron chi connectivity index (χ4n) is 1.51. The molecule has 1 N–H and O–H groups in total. The Labute approximate surface area is 110 Å². The predicted molar refractivity (Wildman–Crippen MR) is 73.4 cm³/mol. The van der Waals surface area contributed by atoms with Gasteiger partial charge in [-0.25, -0.2) is 4.39 Å². The van der Waals surface area contributed by atoms with Crippen LogP contribution in [0.2, 0.25) is 0 Å². The van der Waals surface area contributed by atoms with Gasteiger partial charge in [0, 0.05) is 17.6 Å². The van der Waals surface area contributed by atoms with E-state index in [0.29, 0.717) is 13.2 Å². The van der Waals surface area contributed by atoms with Crippen LogP contribution >= 0.6 is 0 Å². The zero-order valence-electron chi connectivity index (χ0n) is 11.8. The highest BCUT2D eigenvalue weighted by atomic mass is 19.1. The summed E-state index contributed by atoms with van der Waals surface area (Å²) < 4.78 is 19.0. The molecule has 0 aromatic heterocycles. The largest absolute Gasteiger partial charge is 0.493 e. The second-order valence-electron chi connectivity index (χ2n) is 5.56. The zero-order valence-corrected chi connectivity index (χ0v) is 11.8. The quantitative estimate of drug-likeness (QED) is 0.776. The van der Waals surface area contributed by atoms with Gasteiger partial charge in [0.1, 0.15) is 11.6 Å². The Bertz CT molecular complexity index is 371. The number of hydrogen-bond acceptors (Lipinski definition) is 2. The lowest BCUT2D eigenvalue weighted by molar-refractivity contribution is 0.303. The van der Waals surface area contributed by atoms with Crippen LogP contribution in [0, 0.1) is 5.82 Å². The Morgan fingerprint density at radius 3 is 2.61 bits per heavy atom. The number of unbranched alkanes of at least 4 members (excludes halogenated alkanes) is 1. The zero-order chi connectivity index (χ0) is 13.6. The molecule has 0 spiro atoms. The first-order chi connectivity index (χ1) is 8.42. The maximum absolute atomic E-state index is 13.3. The van der Waals surface area contributed by atoms with E-state index in [9.17, 15) is 4.39 Å². The molecule has 0 heterocycles. The fourth-order valence-corrected chi connectivity index (χ4v) is 1.51. The van der Waals surface area contributed by atoms with Crippen molar-refractivity contribution in [1.82, 2.24) is 5.32 Å². The average molecular weight is 253 g/mol. The van der Waals surface area contributed by atoms with Gasteiger partial charge in [0.2, 0.25) is 0 Å². The van der Waals surface area contributed by atoms with Crippen LogP contribution in [0.3, 0.4) is 0 Å². The van der Waals surface area contributed by atoms with Crippen LogP contribution in [-0.2, 0) is 6.54 Å².